The van der Waals surface area contributed by atoms with Gasteiger partial charge in [-0.2, -0.15) is 5.26 Å². The summed E-state index contributed by atoms with van der Waals surface area (Å²) < 4.78 is 13.5. The van der Waals surface area contributed by atoms with Gasteiger partial charge in [0.05, 0.1) is 24.3 Å². The number of pyridine rings is 1. The molecule has 2 heterocycles. The lowest BCUT2D eigenvalue weighted by Crippen LogP contribution is -2.52. The zero-order valence-electron chi connectivity index (χ0n) is 19.3. The summed E-state index contributed by atoms with van der Waals surface area (Å²) >= 11 is 0. The SMILES string of the molecule is C[Si](C)OCc1c(C(C)(C)C)ccn([C@@H]2c3cc(C#N)ccc3OC(C)(C)[C@H]2O)c1=O. The molecular weight excluding hydrogens is 408 g/mol. The Balaban J connectivity index is 2.25. The van der Waals surface area contributed by atoms with Gasteiger partial charge in [0.2, 0.25) is 9.04 Å². The van der Waals surface area contributed by atoms with E-state index in [1.54, 1.807) is 42.8 Å². The number of aliphatic hydroxyl groups is 1. The van der Waals surface area contributed by atoms with E-state index < -0.39 is 26.8 Å². The minimum absolute atomic E-state index is 0.189. The van der Waals surface area contributed by atoms with Gasteiger partial charge in [0.25, 0.3) is 5.56 Å². The largest absolute Gasteiger partial charge is 0.485 e. The molecule has 0 saturated carbocycles. The van der Waals surface area contributed by atoms with E-state index in [1.165, 1.54) is 0 Å². The van der Waals surface area contributed by atoms with Gasteiger partial charge in [-0.3, -0.25) is 4.79 Å². The molecule has 2 atom stereocenters. The molecule has 0 aliphatic carbocycles. The van der Waals surface area contributed by atoms with Crippen LogP contribution in [0.1, 0.15) is 62.9 Å². The van der Waals surface area contributed by atoms with Crippen molar-refractivity contribution in [3.8, 4) is 11.8 Å². The van der Waals surface area contributed by atoms with Crippen molar-refractivity contribution in [3.05, 3.63) is 63.1 Å². The summed E-state index contributed by atoms with van der Waals surface area (Å²) in [5.41, 5.74) is 1.29. The van der Waals surface area contributed by atoms with Crippen molar-refractivity contribution < 1.29 is 14.3 Å². The number of benzene rings is 1. The smallest absolute Gasteiger partial charge is 0.256 e. The van der Waals surface area contributed by atoms with Crippen molar-refractivity contribution in [1.29, 1.82) is 5.26 Å². The van der Waals surface area contributed by atoms with E-state index in [0.717, 1.165) is 5.56 Å². The molecule has 7 heteroatoms. The van der Waals surface area contributed by atoms with Gasteiger partial charge in [0.15, 0.2) is 0 Å². The first-order valence-electron chi connectivity index (χ1n) is 10.5. The Bertz CT molecular complexity index is 1080. The molecule has 1 aliphatic heterocycles. The lowest BCUT2D eigenvalue weighted by molar-refractivity contribution is -0.0643. The predicted molar refractivity (Wildman–Crippen MR) is 122 cm³/mol. The Morgan fingerprint density at radius 1 is 1.29 bits per heavy atom. The van der Waals surface area contributed by atoms with Crippen LogP contribution in [0, 0.1) is 11.3 Å². The van der Waals surface area contributed by atoms with E-state index in [-0.39, 0.29) is 17.6 Å². The predicted octanol–water partition coefficient (Wildman–Crippen LogP) is 3.91. The molecule has 0 fully saturated rings. The number of hydrogen-bond acceptors (Lipinski definition) is 5. The van der Waals surface area contributed by atoms with E-state index in [2.05, 4.69) is 26.8 Å². The fraction of sp³-hybridized carbons (Fsp3) is 0.500. The summed E-state index contributed by atoms with van der Waals surface area (Å²) in [5, 5.41) is 20.6. The van der Waals surface area contributed by atoms with Crippen molar-refractivity contribution >= 4 is 9.04 Å². The number of hydrogen-bond donors (Lipinski definition) is 1. The van der Waals surface area contributed by atoms with Crippen LogP contribution in [0.5, 0.6) is 5.75 Å². The molecule has 0 unspecified atom stereocenters. The van der Waals surface area contributed by atoms with Crippen LogP contribution in [0.4, 0.5) is 0 Å². The van der Waals surface area contributed by atoms with E-state index in [0.29, 0.717) is 22.4 Å². The quantitative estimate of drug-likeness (QED) is 0.730. The number of aromatic nitrogens is 1. The maximum atomic E-state index is 13.7. The first-order valence-corrected chi connectivity index (χ1v) is 12.9. The molecule has 165 valence electrons. The monoisotopic (exact) mass is 439 g/mol. The van der Waals surface area contributed by atoms with E-state index >= 15 is 0 Å². The average molecular weight is 440 g/mol. The van der Waals surface area contributed by atoms with Gasteiger partial charge in [-0.25, -0.2) is 0 Å². The molecule has 0 spiro atoms. The number of ether oxygens (including phenoxy) is 1. The van der Waals surface area contributed by atoms with Crippen LogP contribution in [-0.4, -0.2) is 30.4 Å². The standard InChI is InChI=1S/C24H31N2O4Si/c1-23(2,3)18-10-11-26(22(28)17(18)14-29-31(6)7)20-16-12-15(13-25)8-9-19(16)30-24(4,5)21(20)27/h8-12,20-21,27H,14H2,1-7H3/t20-,21+/m1/s1. The molecule has 1 aromatic heterocycles. The first kappa shape index (κ1) is 23.3. The second kappa shape index (κ2) is 8.27. The van der Waals surface area contributed by atoms with Crippen LogP contribution in [0.25, 0.3) is 0 Å². The number of nitrogens with zero attached hydrogens (tertiary/aromatic N) is 2. The Morgan fingerprint density at radius 2 is 1.97 bits per heavy atom. The zero-order chi connectivity index (χ0) is 23.1. The molecular formula is C24H31N2O4Si. The number of rotatable bonds is 4. The summed E-state index contributed by atoms with van der Waals surface area (Å²) in [7, 11) is -0.987. The third-order valence-electron chi connectivity index (χ3n) is 5.67. The fourth-order valence-electron chi connectivity index (χ4n) is 4.01. The van der Waals surface area contributed by atoms with Crippen LogP contribution in [-0.2, 0) is 16.4 Å². The van der Waals surface area contributed by atoms with Crippen LogP contribution in [0.15, 0.2) is 35.3 Å². The third kappa shape index (κ3) is 4.47. The molecule has 1 N–H and O–H groups in total. The van der Waals surface area contributed by atoms with Gasteiger partial charge in [-0.05, 0) is 62.2 Å². The van der Waals surface area contributed by atoms with Crippen LogP contribution < -0.4 is 10.3 Å². The number of aliphatic hydroxyl groups excluding tert-OH is 1. The Kier molecular flexibility index (Phi) is 6.20. The second-order valence-electron chi connectivity index (χ2n) is 9.83. The molecule has 31 heavy (non-hydrogen) atoms. The van der Waals surface area contributed by atoms with Crippen LogP contribution in [0.2, 0.25) is 13.1 Å². The average Bonchev–Trinajstić information content (AvgIpc) is 2.67. The zero-order valence-corrected chi connectivity index (χ0v) is 20.3. The second-order valence-corrected chi connectivity index (χ2v) is 11.9. The third-order valence-corrected chi connectivity index (χ3v) is 6.40. The molecule has 3 rings (SSSR count). The highest BCUT2D eigenvalue weighted by molar-refractivity contribution is 6.48. The fourth-order valence-corrected chi connectivity index (χ4v) is 4.44. The lowest BCUT2D eigenvalue weighted by Gasteiger charge is -2.43. The van der Waals surface area contributed by atoms with Gasteiger partial charge in [0, 0.05) is 17.3 Å². The van der Waals surface area contributed by atoms with Gasteiger partial charge in [0.1, 0.15) is 17.5 Å². The minimum atomic E-state index is -0.988. The molecule has 1 aromatic carbocycles. The number of fused-ring (bicyclic) bond motifs is 1. The maximum absolute atomic E-state index is 13.7. The summed E-state index contributed by atoms with van der Waals surface area (Å²) in [4.78, 5) is 13.7. The highest BCUT2D eigenvalue weighted by Crippen LogP contribution is 2.42. The Labute approximate surface area is 185 Å². The van der Waals surface area contributed by atoms with Crippen LogP contribution >= 0.6 is 0 Å². The molecule has 0 saturated heterocycles. The van der Waals surface area contributed by atoms with Gasteiger partial charge >= 0.3 is 0 Å². The topological polar surface area (TPSA) is 84.5 Å². The first-order chi connectivity index (χ1) is 14.4. The minimum Gasteiger partial charge on any atom is -0.485 e. The van der Waals surface area contributed by atoms with Gasteiger partial charge < -0.3 is 18.8 Å². The van der Waals surface area contributed by atoms with Crippen molar-refractivity contribution in [2.24, 2.45) is 0 Å². The van der Waals surface area contributed by atoms with Gasteiger partial charge in [-0.1, -0.05) is 20.8 Å². The molecule has 0 amide bonds. The maximum Gasteiger partial charge on any atom is 0.256 e. The summed E-state index contributed by atoms with van der Waals surface area (Å²) in [6.45, 7) is 14.1. The molecule has 6 nitrogen and oxygen atoms in total. The Morgan fingerprint density at radius 3 is 2.55 bits per heavy atom. The Hall–Kier alpha value is -2.40. The van der Waals surface area contributed by atoms with Crippen molar-refractivity contribution in [2.75, 3.05) is 0 Å². The normalized spacial score (nSPS) is 20.1. The molecule has 1 aliphatic rings. The van der Waals surface area contributed by atoms with E-state index in [1.807, 2.05) is 19.2 Å². The summed E-state index contributed by atoms with van der Waals surface area (Å²) in [6.07, 6.45) is 0.756. The van der Waals surface area contributed by atoms with Crippen molar-refractivity contribution in [3.63, 3.8) is 0 Å². The van der Waals surface area contributed by atoms with E-state index in [9.17, 15) is 15.2 Å². The lowest BCUT2D eigenvalue weighted by atomic mass is 9.83. The number of nitriles is 1. The summed E-state index contributed by atoms with van der Waals surface area (Å²) in [6, 6.07) is 8.50. The van der Waals surface area contributed by atoms with Gasteiger partial charge in [-0.15, -0.1) is 0 Å². The van der Waals surface area contributed by atoms with Crippen LogP contribution in [0.3, 0.4) is 0 Å². The van der Waals surface area contributed by atoms with E-state index in [4.69, 9.17) is 9.16 Å². The molecule has 2 aromatic rings. The summed E-state index contributed by atoms with van der Waals surface area (Å²) in [5.74, 6) is 0.566. The van der Waals surface area contributed by atoms with Crippen molar-refractivity contribution in [1.82, 2.24) is 4.57 Å². The highest BCUT2D eigenvalue weighted by atomic mass is 28.3. The van der Waals surface area contributed by atoms with Crippen molar-refractivity contribution in [2.45, 2.75) is 77.5 Å². The highest BCUT2D eigenvalue weighted by Gasteiger charge is 2.44. The molecule has 1 radical (unpaired) electrons. The molecule has 0 bridgehead atoms.